The summed E-state index contributed by atoms with van der Waals surface area (Å²) in [5.74, 6) is 2.02. The van der Waals surface area contributed by atoms with Crippen molar-refractivity contribution in [2.45, 2.75) is 94.0 Å². The molecule has 1 fully saturated rings. The summed E-state index contributed by atoms with van der Waals surface area (Å²) < 4.78 is 6.28. The van der Waals surface area contributed by atoms with E-state index in [2.05, 4.69) is 95.2 Å². The molecule has 3 rings (SSSR count). The normalized spacial score (nSPS) is 19.2. The zero-order valence-electron chi connectivity index (χ0n) is 27.4. The number of nitrogens with zero attached hydrogens (tertiary/aromatic N) is 3. The van der Waals surface area contributed by atoms with E-state index in [1.807, 2.05) is 13.1 Å². The lowest BCUT2D eigenvalue weighted by Crippen LogP contribution is -2.32. The highest BCUT2D eigenvalue weighted by Crippen LogP contribution is 2.44. The molecule has 1 aromatic rings. The van der Waals surface area contributed by atoms with E-state index in [1.54, 1.807) is 7.05 Å². The number of hydrogen-bond donors (Lipinski definition) is 1. The second-order valence-corrected chi connectivity index (χ2v) is 12.4. The molecule has 228 valence electrons. The number of benzene rings is 1. The van der Waals surface area contributed by atoms with Gasteiger partial charge in [-0.25, -0.2) is 4.99 Å². The van der Waals surface area contributed by atoms with Crippen LogP contribution in [0, 0.1) is 5.41 Å². The fraction of sp³-hybridized carbons (Fsp3) is 0.500. The molecule has 0 atom stereocenters. The van der Waals surface area contributed by atoms with Crippen LogP contribution in [0.25, 0.3) is 5.57 Å². The first-order valence-corrected chi connectivity index (χ1v) is 15.4. The third-order valence-electron chi connectivity index (χ3n) is 8.07. The SMILES string of the molecule is C/C=N\C(=C1\CC(C)(C)CCC1=C(C)C)N1CCOc2ccc(C(/C=C(C)\C(=C\CCC)NN(C)C=O)=C/C)cc2C1. The Kier molecular flexibility index (Phi) is 11.8. The van der Waals surface area contributed by atoms with Crippen molar-refractivity contribution in [2.75, 3.05) is 20.2 Å². The first-order chi connectivity index (χ1) is 20.0. The molecule has 42 heavy (non-hydrogen) atoms. The molecule has 0 bridgehead atoms. The van der Waals surface area contributed by atoms with Crippen molar-refractivity contribution in [1.29, 1.82) is 0 Å². The first kappa shape index (κ1) is 33.0. The van der Waals surface area contributed by atoms with E-state index in [1.165, 1.54) is 28.1 Å². The van der Waals surface area contributed by atoms with Crippen molar-refractivity contribution in [3.05, 3.63) is 81.4 Å². The summed E-state index contributed by atoms with van der Waals surface area (Å²) in [6, 6.07) is 6.51. The number of carbonyl (C=O) groups excluding carboxylic acids is 1. The molecule has 0 saturated heterocycles. The van der Waals surface area contributed by atoms with Crippen LogP contribution >= 0.6 is 0 Å². The summed E-state index contributed by atoms with van der Waals surface area (Å²) in [4.78, 5) is 18.7. The maximum absolute atomic E-state index is 11.3. The number of allylic oxidation sites excluding steroid dienone is 8. The van der Waals surface area contributed by atoms with Gasteiger partial charge in [-0.1, -0.05) is 51.0 Å². The van der Waals surface area contributed by atoms with Crippen LogP contribution in [-0.2, 0) is 11.3 Å². The first-order valence-electron chi connectivity index (χ1n) is 15.4. The van der Waals surface area contributed by atoms with E-state index in [4.69, 9.17) is 9.73 Å². The molecular weight excluding hydrogens is 520 g/mol. The molecule has 6 nitrogen and oxygen atoms in total. The molecule has 1 saturated carbocycles. The van der Waals surface area contributed by atoms with Crippen LogP contribution in [0.5, 0.6) is 5.75 Å². The third-order valence-corrected chi connectivity index (χ3v) is 8.07. The minimum atomic E-state index is 0.251. The number of hydrogen-bond acceptors (Lipinski definition) is 5. The minimum absolute atomic E-state index is 0.251. The van der Waals surface area contributed by atoms with E-state index < -0.39 is 0 Å². The minimum Gasteiger partial charge on any atom is -0.491 e. The molecule has 1 aliphatic heterocycles. The maximum atomic E-state index is 11.3. The molecule has 0 radical (unpaired) electrons. The number of amides is 1. The monoisotopic (exact) mass is 572 g/mol. The van der Waals surface area contributed by atoms with Crippen molar-refractivity contribution in [3.63, 3.8) is 0 Å². The molecule has 1 N–H and O–H groups in total. The lowest BCUT2D eigenvalue weighted by Gasteiger charge is -2.36. The highest BCUT2D eigenvalue weighted by atomic mass is 16.5. The smallest absolute Gasteiger partial charge is 0.227 e. The summed E-state index contributed by atoms with van der Waals surface area (Å²) in [7, 11) is 1.72. The summed E-state index contributed by atoms with van der Waals surface area (Å²) in [6.45, 7) is 19.7. The molecule has 1 heterocycles. The Bertz CT molecular complexity index is 1310. The molecule has 2 aliphatic rings. The highest BCUT2D eigenvalue weighted by molar-refractivity contribution is 5.76. The van der Waals surface area contributed by atoms with Gasteiger partial charge in [0.15, 0.2) is 0 Å². The van der Waals surface area contributed by atoms with Gasteiger partial charge in [0.1, 0.15) is 18.2 Å². The fourth-order valence-corrected chi connectivity index (χ4v) is 5.73. The standard InChI is InChI=1S/C36H52N4O2/c1-10-13-14-33(38-39(9)25-41)27(6)21-28(11-2)29-15-16-34-30(22-29)24-40(19-20-42-34)35(37-12-3)32-23-36(7,8)18-17-31(32)26(4)5/h11-12,14-16,21-22,25,38H,10,13,17-20,23-24H2,1-9H3/b27-21-,28-11+,33-14-,35-32+,37-12-. The van der Waals surface area contributed by atoms with Gasteiger partial charge in [0.2, 0.25) is 6.41 Å². The quantitative estimate of drug-likeness (QED) is 0.132. The van der Waals surface area contributed by atoms with E-state index in [0.29, 0.717) is 6.61 Å². The van der Waals surface area contributed by atoms with Gasteiger partial charge >= 0.3 is 0 Å². The van der Waals surface area contributed by atoms with Gasteiger partial charge in [-0.05, 0) is 112 Å². The molecule has 6 heteroatoms. The average Bonchev–Trinajstić information content (AvgIpc) is 3.17. The Morgan fingerprint density at radius 2 is 1.95 bits per heavy atom. The topological polar surface area (TPSA) is 57.2 Å². The second kappa shape index (κ2) is 15.1. The zero-order chi connectivity index (χ0) is 30.9. The number of fused-ring (bicyclic) bond motifs is 1. The third kappa shape index (κ3) is 8.50. The maximum Gasteiger partial charge on any atom is 0.227 e. The van der Waals surface area contributed by atoms with Gasteiger partial charge < -0.3 is 9.64 Å². The number of aliphatic imine (C=N–C) groups is 1. The van der Waals surface area contributed by atoms with Crippen LogP contribution in [0.2, 0.25) is 0 Å². The Morgan fingerprint density at radius 3 is 2.60 bits per heavy atom. The highest BCUT2D eigenvalue weighted by Gasteiger charge is 2.31. The number of carbonyl (C=O) groups is 1. The largest absolute Gasteiger partial charge is 0.491 e. The summed E-state index contributed by atoms with van der Waals surface area (Å²) in [5, 5.41) is 1.45. The number of ether oxygens (including phenoxy) is 1. The second-order valence-electron chi connectivity index (χ2n) is 12.4. The predicted molar refractivity (Wildman–Crippen MR) is 177 cm³/mol. The Hall–Kier alpha value is -3.54. The number of hydrazine groups is 1. The molecule has 1 aromatic carbocycles. The van der Waals surface area contributed by atoms with Gasteiger partial charge in [-0.15, -0.1) is 0 Å². The molecule has 0 unspecified atom stereocenters. The van der Waals surface area contributed by atoms with Crippen molar-refractivity contribution in [2.24, 2.45) is 10.4 Å². The number of nitrogens with one attached hydrogen (secondary N) is 1. The van der Waals surface area contributed by atoms with Crippen LogP contribution in [0.15, 0.2) is 75.2 Å². The lowest BCUT2D eigenvalue weighted by atomic mass is 9.71. The van der Waals surface area contributed by atoms with Crippen molar-refractivity contribution >= 4 is 18.2 Å². The van der Waals surface area contributed by atoms with Gasteiger partial charge in [0.25, 0.3) is 0 Å². The van der Waals surface area contributed by atoms with Crippen LogP contribution in [-0.4, -0.2) is 42.7 Å². The van der Waals surface area contributed by atoms with Crippen molar-refractivity contribution in [1.82, 2.24) is 15.3 Å². The number of unbranched alkanes of at least 4 members (excludes halogenated alkanes) is 1. The Morgan fingerprint density at radius 1 is 1.19 bits per heavy atom. The van der Waals surface area contributed by atoms with Gasteiger partial charge in [0.05, 0.1) is 12.2 Å². The van der Waals surface area contributed by atoms with Crippen molar-refractivity contribution < 1.29 is 9.53 Å². The van der Waals surface area contributed by atoms with E-state index >= 15 is 0 Å². The number of rotatable bonds is 10. The van der Waals surface area contributed by atoms with Gasteiger partial charge in [-0.2, -0.15) is 0 Å². The lowest BCUT2D eigenvalue weighted by molar-refractivity contribution is -0.118. The molecule has 1 aliphatic carbocycles. The summed E-state index contributed by atoms with van der Waals surface area (Å²) >= 11 is 0. The Balaban J connectivity index is 2.02. The van der Waals surface area contributed by atoms with Crippen LogP contribution in [0.1, 0.15) is 98.6 Å². The molecule has 0 aromatic heterocycles. The van der Waals surface area contributed by atoms with Gasteiger partial charge in [-0.3, -0.25) is 15.2 Å². The summed E-state index contributed by atoms with van der Waals surface area (Å²) in [5.41, 5.74) is 13.1. The van der Waals surface area contributed by atoms with Crippen LogP contribution in [0.4, 0.5) is 0 Å². The van der Waals surface area contributed by atoms with Crippen molar-refractivity contribution in [3.8, 4) is 5.75 Å². The van der Waals surface area contributed by atoms with E-state index in [0.717, 1.165) is 84.7 Å². The molecular formula is C36H52N4O2. The average molecular weight is 573 g/mol. The van der Waals surface area contributed by atoms with Crippen LogP contribution in [0.3, 0.4) is 0 Å². The molecule has 1 amide bonds. The summed E-state index contributed by atoms with van der Waals surface area (Å²) in [6.07, 6.45) is 14.5. The molecule has 0 spiro atoms. The van der Waals surface area contributed by atoms with Crippen LogP contribution < -0.4 is 10.2 Å². The van der Waals surface area contributed by atoms with E-state index in [-0.39, 0.29) is 5.41 Å². The fourth-order valence-electron chi connectivity index (χ4n) is 5.73. The van der Waals surface area contributed by atoms with Gasteiger partial charge in [0, 0.05) is 25.4 Å². The van der Waals surface area contributed by atoms with E-state index in [9.17, 15) is 4.79 Å². The predicted octanol–water partition coefficient (Wildman–Crippen LogP) is 8.36. The zero-order valence-corrected chi connectivity index (χ0v) is 27.4. The Labute approximate surface area is 254 Å².